The molecule has 4 heteroatoms. The fourth-order valence-electron chi connectivity index (χ4n) is 1.56. The van der Waals surface area contributed by atoms with Gasteiger partial charge in [-0.25, -0.2) is 0 Å². The van der Waals surface area contributed by atoms with Crippen molar-refractivity contribution in [2.75, 3.05) is 13.1 Å². The molecule has 0 spiro atoms. The van der Waals surface area contributed by atoms with Gasteiger partial charge in [0.15, 0.2) is 0 Å². The predicted molar refractivity (Wildman–Crippen MR) is 73.1 cm³/mol. The van der Waals surface area contributed by atoms with Crippen LogP contribution in [0.5, 0.6) is 0 Å². The number of pyridine rings is 1. The zero-order chi connectivity index (χ0) is 13.4. The Morgan fingerprint density at radius 2 is 2.22 bits per heavy atom. The number of hydrogen-bond acceptors (Lipinski definition) is 3. The second kappa shape index (κ2) is 7.82. The van der Waals surface area contributed by atoms with Crippen LogP contribution in [0.15, 0.2) is 18.3 Å². The average Bonchev–Trinajstić information content (AvgIpc) is 2.31. The van der Waals surface area contributed by atoms with Gasteiger partial charge in [-0.3, -0.25) is 9.78 Å². The molecule has 1 aromatic heterocycles. The quantitative estimate of drug-likeness (QED) is 0.772. The SMILES string of the molecule is Cc1cccnc1CNCC(=O)NCCC(C)C. The summed E-state index contributed by atoms with van der Waals surface area (Å²) >= 11 is 0. The highest BCUT2D eigenvalue weighted by Crippen LogP contribution is 2.01. The number of nitrogens with one attached hydrogen (secondary N) is 2. The van der Waals surface area contributed by atoms with Crippen molar-refractivity contribution < 1.29 is 4.79 Å². The molecular formula is C14H23N3O. The maximum Gasteiger partial charge on any atom is 0.233 e. The normalized spacial score (nSPS) is 10.7. The van der Waals surface area contributed by atoms with Crippen molar-refractivity contribution in [2.45, 2.75) is 33.7 Å². The van der Waals surface area contributed by atoms with Crippen LogP contribution in [0.1, 0.15) is 31.5 Å². The number of carbonyl (C=O) groups excluding carboxylic acids is 1. The highest BCUT2D eigenvalue weighted by Gasteiger charge is 2.02. The van der Waals surface area contributed by atoms with Gasteiger partial charge in [-0.05, 0) is 30.9 Å². The molecule has 0 aliphatic carbocycles. The molecule has 0 saturated carbocycles. The van der Waals surface area contributed by atoms with E-state index < -0.39 is 0 Å². The van der Waals surface area contributed by atoms with Crippen LogP contribution in [-0.4, -0.2) is 24.0 Å². The summed E-state index contributed by atoms with van der Waals surface area (Å²) in [6, 6.07) is 3.93. The van der Waals surface area contributed by atoms with Gasteiger partial charge >= 0.3 is 0 Å². The van der Waals surface area contributed by atoms with Gasteiger partial charge in [-0.15, -0.1) is 0 Å². The molecule has 0 aliphatic heterocycles. The van der Waals surface area contributed by atoms with Crippen LogP contribution in [0.2, 0.25) is 0 Å². The van der Waals surface area contributed by atoms with E-state index in [0.717, 1.165) is 24.2 Å². The minimum Gasteiger partial charge on any atom is -0.355 e. The fourth-order valence-corrected chi connectivity index (χ4v) is 1.56. The van der Waals surface area contributed by atoms with Crippen molar-refractivity contribution in [3.8, 4) is 0 Å². The first kappa shape index (κ1) is 14.6. The van der Waals surface area contributed by atoms with Crippen molar-refractivity contribution in [3.05, 3.63) is 29.6 Å². The van der Waals surface area contributed by atoms with Gasteiger partial charge in [0.05, 0.1) is 12.2 Å². The highest BCUT2D eigenvalue weighted by atomic mass is 16.1. The molecule has 2 N–H and O–H groups in total. The molecule has 0 bridgehead atoms. The van der Waals surface area contributed by atoms with E-state index in [1.165, 1.54) is 0 Å². The summed E-state index contributed by atoms with van der Waals surface area (Å²) < 4.78 is 0. The number of nitrogens with zero attached hydrogens (tertiary/aromatic N) is 1. The molecule has 0 aliphatic rings. The van der Waals surface area contributed by atoms with Gasteiger partial charge in [-0.2, -0.15) is 0 Å². The van der Waals surface area contributed by atoms with Crippen LogP contribution in [0, 0.1) is 12.8 Å². The Morgan fingerprint density at radius 3 is 2.89 bits per heavy atom. The summed E-state index contributed by atoms with van der Waals surface area (Å²) in [6.07, 6.45) is 2.79. The highest BCUT2D eigenvalue weighted by molar-refractivity contribution is 5.77. The molecule has 100 valence electrons. The standard InChI is InChI=1S/C14H23N3O/c1-11(2)6-8-17-14(18)10-15-9-13-12(3)5-4-7-16-13/h4-5,7,11,15H,6,8-10H2,1-3H3,(H,17,18). The Morgan fingerprint density at radius 1 is 1.44 bits per heavy atom. The lowest BCUT2D eigenvalue weighted by Gasteiger charge is -2.08. The van der Waals surface area contributed by atoms with E-state index in [9.17, 15) is 4.79 Å². The van der Waals surface area contributed by atoms with Gasteiger partial charge in [-0.1, -0.05) is 19.9 Å². The third-order valence-electron chi connectivity index (χ3n) is 2.74. The first-order valence-electron chi connectivity index (χ1n) is 6.47. The van der Waals surface area contributed by atoms with E-state index in [4.69, 9.17) is 0 Å². The zero-order valence-electron chi connectivity index (χ0n) is 11.5. The molecule has 1 aromatic rings. The van der Waals surface area contributed by atoms with Crippen LogP contribution in [-0.2, 0) is 11.3 Å². The molecule has 1 amide bonds. The molecule has 0 fully saturated rings. The van der Waals surface area contributed by atoms with Crippen LogP contribution in [0.25, 0.3) is 0 Å². The Bertz CT molecular complexity index is 377. The summed E-state index contributed by atoms with van der Waals surface area (Å²) in [5.41, 5.74) is 2.14. The summed E-state index contributed by atoms with van der Waals surface area (Å²) in [7, 11) is 0. The van der Waals surface area contributed by atoms with Gasteiger partial charge in [0.25, 0.3) is 0 Å². The Kier molecular flexibility index (Phi) is 6.36. The summed E-state index contributed by atoms with van der Waals surface area (Å²) in [5, 5.41) is 6.00. The third kappa shape index (κ3) is 5.77. The Balaban J connectivity index is 2.18. The lowest BCUT2D eigenvalue weighted by molar-refractivity contribution is -0.120. The third-order valence-corrected chi connectivity index (χ3v) is 2.74. The summed E-state index contributed by atoms with van der Waals surface area (Å²) in [5.74, 6) is 0.665. The maximum absolute atomic E-state index is 11.5. The first-order valence-corrected chi connectivity index (χ1v) is 6.47. The van der Waals surface area contributed by atoms with Crippen LogP contribution < -0.4 is 10.6 Å². The number of carbonyl (C=O) groups is 1. The summed E-state index contributed by atoms with van der Waals surface area (Å²) in [4.78, 5) is 15.8. The van der Waals surface area contributed by atoms with Crippen LogP contribution in [0.4, 0.5) is 0 Å². The number of amides is 1. The number of aromatic nitrogens is 1. The topological polar surface area (TPSA) is 54.0 Å². The summed E-state index contributed by atoms with van der Waals surface area (Å²) in [6.45, 7) is 8.04. The van der Waals surface area contributed by atoms with Gasteiger partial charge in [0.1, 0.15) is 0 Å². The van der Waals surface area contributed by atoms with E-state index in [-0.39, 0.29) is 5.91 Å². The van der Waals surface area contributed by atoms with E-state index >= 15 is 0 Å². The minimum atomic E-state index is 0.0456. The number of rotatable bonds is 7. The number of aryl methyl sites for hydroxylation is 1. The van der Waals surface area contributed by atoms with Crippen molar-refractivity contribution in [1.29, 1.82) is 0 Å². The Labute approximate surface area is 109 Å². The Hall–Kier alpha value is -1.42. The largest absolute Gasteiger partial charge is 0.355 e. The van der Waals surface area contributed by atoms with E-state index in [1.54, 1.807) is 6.20 Å². The minimum absolute atomic E-state index is 0.0456. The maximum atomic E-state index is 11.5. The molecule has 18 heavy (non-hydrogen) atoms. The molecule has 1 heterocycles. The molecule has 0 unspecified atom stereocenters. The monoisotopic (exact) mass is 249 g/mol. The lowest BCUT2D eigenvalue weighted by atomic mass is 10.1. The molecule has 0 atom stereocenters. The molecule has 0 saturated heterocycles. The van der Waals surface area contributed by atoms with Crippen LogP contribution >= 0.6 is 0 Å². The average molecular weight is 249 g/mol. The molecule has 1 rings (SSSR count). The van der Waals surface area contributed by atoms with Gasteiger partial charge in [0.2, 0.25) is 5.91 Å². The zero-order valence-corrected chi connectivity index (χ0v) is 11.5. The van der Waals surface area contributed by atoms with Crippen LogP contribution in [0.3, 0.4) is 0 Å². The first-order chi connectivity index (χ1) is 8.59. The molecule has 0 radical (unpaired) electrons. The van der Waals surface area contributed by atoms with Crippen molar-refractivity contribution >= 4 is 5.91 Å². The second-order valence-corrected chi connectivity index (χ2v) is 4.90. The lowest BCUT2D eigenvalue weighted by Crippen LogP contribution is -2.34. The van der Waals surface area contributed by atoms with Crippen molar-refractivity contribution in [3.63, 3.8) is 0 Å². The number of hydrogen-bond donors (Lipinski definition) is 2. The van der Waals surface area contributed by atoms with Gasteiger partial charge in [0, 0.05) is 19.3 Å². The van der Waals surface area contributed by atoms with Crippen molar-refractivity contribution in [1.82, 2.24) is 15.6 Å². The van der Waals surface area contributed by atoms with Gasteiger partial charge < -0.3 is 10.6 Å². The smallest absolute Gasteiger partial charge is 0.233 e. The van der Waals surface area contributed by atoms with E-state index in [0.29, 0.717) is 19.0 Å². The van der Waals surface area contributed by atoms with E-state index in [1.807, 2.05) is 19.1 Å². The fraction of sp³-hybridized carbons (Fsp3) is 0.571. The molecule has 4 nitrogen and oxygen atoms in total. The predicted octanol–water partition coefficient (Wildman–Crippen LogP) is 1.64. The van der Waals surface area contributed by atoms with E-state index in [2.05, 4.69) is 29.5 Å². The van der Waals surface area contributed by atoms with Crippen molar-refractivity contribution in [2.24, 2.45) is 5.92 Å². The molecular weight excluding hydrogens is 226 g/mol. The second-order valence-electron chi connectivity index (χ2n) is 4.90. The molecule has 0 aromatic carbocycles.